The number of hydrogen-bond donors (Lipinski definition) is 0. The van der Waals surface area contributed by atoms with Gasteiger partial charge in [0.25, 0.3) is 0 Å². The first kappa shape index (κ1) is 23.3. The van der Waals surface area contributed by atoms with Crippen molar-refractivity contribution >= 4 is 29.4 Å². The molecule has 0 spiro atoms. The molecule has 3 atom stereocenters. The zero-order valence-electron chi connectivity index (χ0n) is 18.4. The van der Waals surface area contributed by atoms with E-state index in [1.165, 1.54) is 4.90 Å². The van der Waals surface area contributed by atoms with E-state index >= 15 is 0 Å². The fourth-order valence-electron chi connectivity index (χ4n) is 4.32. The van der Waals surface area contributed by atoms with E-state index in [9.17, 15) is 14.4 Å². The van der Waals surface area contributed by atoms with Crippen LogP contribution >= 0.6 is 11.6 Å². The molecule has 0 aromatic heterocycles. The van der Waals surface area contributed by atoms with Crippen LogP contribution in [0.15, 0.2) is 35.5 Å². The molecule has 3 rings (SSSR count). The van der Waals surface area contributed by atoms with E-state index < -0.39 is 11.9 Å². The van der Waals surface area contributed by atoms with E-state index in [1.54, 1.807) is 30.9 Å². The smallest absolute Gasteiger partial charge is 0.336 e. The Kier molecular flexibility index (Phi) is 7.38. The number of carbonyl (C=O) groups is 3. The highest BCUT2D eigenvalue weighted by Crippen LogP contribution is 2.39. The molecule has 2 aliphatic rings. The number of rotatable bonds is 5. The van der Waals surface area contributed by atoms with Crippen molar-refractivity contribution in [1.29, 1.82) is 0 Å². The lowest BCUT2D eigenvalue weighted by Gasteiger charge is -2.38. The quantitative estimate of drug-likeness (QED) is 0.647. The van der Waals surface area contributed by atoms with Crippen LogP contribution in [0.2, 0.25) is 5.02 Å². The Hall–Kier alpha value is -2.38. The minimum absolute atomic E-state index is 0.0401. The van der Waals surface area contributed by atoms with Crippen LogP contribution < -0.4 is 0 Å². The molecule has 3 unspecified atom stereocenters. The van der Waals surface area contributed by atoms with Gasteiger partial charge >= 0.3 is 5.97 Å². The van der Waals surface area contributed by atoms with E-state index in [-0.39, 0.29) is 43.6 Å². The van der Waals surface area contributed by atoms with Gasteiger partial charge in [0, 0.05) is 36.1 Å². The van der Waals surface area contributed by atoms with Gasteiger partial charge < -0.3 is 19.3 Å². The van der Waals surface area contributed by atoms with Crippen LogP contribution in [0.3, 0.4) is 0 Å². The van der Waals surface area contributed by atoms with Crippen LogP contribution in [-0.4, -0.2) is 66.0 Å². The summed E-state index contributed by atoms with van der Waals surface area (Å²) >= 11 is 6.38. The third-order valence-corrected chi connectivity index (χ3v) is 6.01. The normalized spacial score (nSPS) is 24.4. The molecule has 168 valence electrons. The Bertz CT molecular complexity index is 890. The maximum atomic E-state index is 13.1. The number of halogens is 1. The summed E-state index contributed by atoms with van der Waals surface area (Å²) in [5, 5.41) is 0.482. The van der Waals surface area contributed by atoms with Crippen LogP contribution in [0.4, 0.5) is 0 Å². The number of nitrogens with zero attached hydrogens (tertiary/aromatic N) is 2. The molecule has 1 saturated heterocycles. The SMILES string of the molecule is CCOC(=O)C1=C(C)N(CC(=O)N2CC(C)OC(C)C2)C(=O)CC1c1ccccc1Cl. The minimum atomic E-state index is -0.518. The molecule has 8 heteroatoms. The summed E-state index contributed by atoms with van der Waals surface area (Å²) in [6.07, 6.45) is -0.0968. The molecule has 0 N–H and O–H groups in total. The first-order valence-corrected chi connectivity index (χ1v) is 11.0. The zero-order valence-corrected chi connectivity index (χ0v) is 19.1. The lowest BCUT2D eigenvalue weighted by Crippen LogP contribution is -2.52. The van der Waals surface area contributed by atoms with Crippen molar-refractivity contribution in [3.63, 3.8) is 0 Å². The number of carbonyl (C=O) groups excluding carboxylic acids is 3. The summed E-state index contributed by atoms with van der Waals surface area (Å²) in [6, 6.07) is 7.16. The van der Waals surface area contributed by atoms with Crippen LogP contribution in [0.5, 0.6) is 0 Å². The summed E-state index contributed by atoms with van der Waals surface area (Å²) in [7, 11) is 0. The van der Waals surface area contributed by atoms with Crippen molar-refractivity contribution < 1.29 is 23.9 Å². The van der Waals surface area contributed by atoms with Gasteiger partial charge in [-0.15, -0.1) is 0 Å². The highest BCUT2D eigenvalue weighted by atomic mass is 35.5. The van der Waals surface area contributed by atoms with Gasteiger partial charge in [-0.25, -0.2) is 4.79 Å². The topological polar surface area (TPSA) is 76.2 Å². The van der Waals surface area contributed by atoms with Gasteiger partial charge in [0.05, 0.1) is 24.4 Å². The fourth-order valence-corrected chi connectivity index (χ4v) is 4.58. The average Bonchev–Trinajstić information content (AvgIpc) is 2.70. The number of ether oxygens (including phenoxy) is 2. The van der Waals surface area contributed by atoms with Gasteiger partial charge in [0.2, 0.25) is 11.8 Å². The minimum Gasteiger partial charge on any atom is -0.463 e. The number of amides is 2. The van der Waals surface area contributed by atoms with E-state index in [2.05, 4.69) is 0 Å². The maximum Gasteiger partial charge on any atom is 0.336 e. The molecule has 0 saturated carbocycles. The third kappa shape index (κ3) is 5.10. The molecule has 7 nitrogen and oxygen atoms in total. The average molecular weight is 449 g/mol. The maximum absolute atomic E-state index is 13.1. The van der Waals surface area contributed by atoms with Crippen LogP contribution in [0.25, 0.3) is 0 Å². The summed E-state index contributed by atoms with van der Waals surface area (Å²) in [4.78, 5) is 42.0. The predicted molar refractivity (Wildman–Crippen MR) is 116 cm³/mol. The number of allylic oxidation sites excluding steroid dienone is 1. The molecule has 2 heterocycles. The van der Waals surface area contributed by atoms with E-state index in [0.717, 1.165) is 0 Å². The van der Waals surface area contributed by atoms with Gasteiger partial charge in [0.15, 0.2) is 0 Å². The summed E-state index contributed by atoms with van der Waals surface area (Å²) in [6.45, 7) is 8.28. The third-order valence-electron chi connectivity index (χ3n) is 5.66. The molecule has 0 radical (unpaired) electrons. The van der Waals surface area contributed by atoms with Gasteiger partial charge in [-0.2, -0.15) is 0 Å². The molecule has 0 bridgehead atoms. The monoisotopic (exact) mass is 448 g/mol. The fraction of sp³-hybridized carbons (Fsp3) is 0.522. The standard InChI is InChI=1S/C23H29ClN2O5/c1-5-30-23(29)22-16(4)26(13-21(28)25-11-14(2)31-15(3)12-25)20(27)10-18(22)17-8-6-7-9-19(17)24/h6-9,14-15,18H,5,10-13H2,1-4H3. The number of esters is 1. The number of hydrogen-bond acceptors (Lipinski definition) is 5. The Morgan fingerprint density at radius 1 is 1.19 bits per heavy atom. The first-order valence-electron chi connectivity index (χ1n) is 10.6. The Labute approximate surface area is 187 Å². The Balaban J connectivity index is 1.92. The Morgan fingerprint density at radius 3 is 2.45 bits per heavy atom. The second-order valence-electron chi connectivity index (χ2n) is 8.03. The summed E-state index contributed by atoms with van der Waals surface area (Å²) < 4.78 is 11.0. The largest absolute Gasteiger partial charge is 0.463 e. The predicted octanol–water partition coefficient (Wildman–Crippen LogP) is 3.13. The molecule has 1 aromatic carbocycles. The van der Waals surface area contributed by atoms with E-state index in [4.69, 9.17) is 21.1 Å². The van der Waals surface area contributed by atoms with Crippen molar-refractivity contribution in [2.45, 2.75) is 52.2 Å². The lowest BCUT2D eigenvalue weighted by molar-refractivity contribution is -0.148. The van der Waals surface area contributed by atoms with Crippen molar-refractivity contribution in [3.05, 3.63) is 46.1 Å². The molecule has 2 amide bonds. The summed E-state index contributed by atoms with van der Waals surface area (Å²) in [5.41, 5.74) is 1.50. The molecule has 1 aromatic rings. The highest BCUT2D eigenvalue weighted by Gasteiger charge is 2.39. The zero-order chi connectivity index (χ0) is 22.7. The highest BCUT2D eigenvalue weighted by molar-refractivity contribution is 6.31. The first-order chi connectivity index (χ1) is 14.7. The Morgan fingerprint density at radius 2 is 1.84 bits per heavy atom. The van der Waals surface area contributed by atoms with Crippen molar-refractivity contribution in [2.24, 2.45) is 0 Å². The molecule has 2 aliphatic heterocycles. The lowest BCUT2D eigenvalue weighted by atomic mass is 9.83. The van der Waals surface area contributed by atoms with Crippen molar-refractivity contribution in [2.75, 3.05) is 26.2 Å². The van der Waals surface area contributed by atoms with Gasteiger partial charge in [-0.05, 0) is 39.3 Å². The van der Waals surface area contributed by atoms with Crippen LogP contribution in [-0.2, 0) is 23.9 Å². The molecular formula is C23H29ClN2O5. The van der Waals surface area contributed by atoms with Crippen LogP contribution in [0, 0.1) is 0 Å². The second kappa shape index (κ2) is 9.83. The van der Waals surface area contributed by atoms with Crippen molar-refractivity contribution in [1.82, 2.24) is 9.80 Å². The van der Waals surface area contributed by atoms with Crippen LogP contribution in [0.1, 0.15) is 45.6 Å². The van der Waals surface area contributed by atoms with Crippen molar-refractivity contribution in [3.8, 4) is 0 Å². The number of morpholine rings is 1. The second-order valence-corrected chi connectivity index (χ2v) is 8.44. The summed E-state index contributed by atoms with van der Waals surface area (Å²) in [5.74, 6) is -1.41. The van der Waals surface area contributed by atoms with Gasteiger partial charge in [-0.3, -0.25) is 9.59 Å². The van der Waals surface area contributed by atoms with Gasteiger partial charge in [0.1, 0.15) is 6.54 Å². The molecule has 0 aliphatic carbocycles. The molecule has 31 heavy (non-hydrogen) atoms. The number of benzene rings is 1. The molecular weight excluding hydrogens is 420 g/mol. The van der Waals surface area contributed by atoms with E-state index in [1.807, 2.05) is 26.0 Å². The molecule has 1 fully saturated rings. The van der Waals surface area contributed by atoms with Gasteiger partial charge in [-0.1, -0.05) is 29.8 Å². The van der Waals surface area contributed by atoms with E-state index in [0.29, 0.717) is 34.9 Å².